The minimum absolute atomic E-state index is 0.00249. The predicted molar refractivity (Wildman–Crippen MR) is 94.8 cm³/mol. The zero-order chi connectivity index (χ0) is 17.2. The summed E-state index contributed by atoms with van der Waals surface area (Å²) in [7, 11) is 0. The second kappa shape index (κ2) is 6.93. The van der Waals surface area contributed by atoms with E-state index in [0.29, 0.717) is 11.7 Å². The summed E-state index contributed by atoms with van der Waals surface area (Å²) in [5.74, 6) is -0.00249. The van der Waals surface area contributed by atoms with Gasteiger partial charge in [-0.15, -0.1) is 5.10 Å². The fourth-order valence-electron chi connectivity index (χ4n) is 3.76. The molecule has 0 bridgehead atoms. The van der Waals surface area contributed by atoms with E-state index in [4.69, 9.17) is 0 Å². The van der Waals surface area contributed by atoms with Crippen LogP contribution in [0.15, 0.2) is 30.3 Å². The maximum Gasteiger partial charge on any atom is 0.276 e. The molecule has 2 aromatic rings. The van der Waals surface area contributed by atoms with Crippen molar-refractivity contribution in [2.75, 3.05) is 39.3 Å². The van der Waals surface area contributed by atoms with Gasteiger partial charge in [0, 0.05) is 45.3 Å². The van der Waals surface area contributed by atoms with Crippen molar-refractivity contribution in [2.24, 2.45) is 0 Å². The number of piperazine rings is 1. The van der Waals surface area contributed by atoms with E-state index in [-0.39, 0.29) is 5.91 Å². The number of amides is 1. The Morgan fingerprint density at radius 3 is 2.68 bits per heavy atom. The summed E-state index contributed by atoms with van der Waals surface area (Å²) in [5, 5.41) is 11.7. The van der Waals surface area contributed by atoms with Gasteiger partial charge in [0.1, 0.15) is 0 Å². The van der Waals surface area contributed by atoms with Gasteiger partial charge in [-0.25, -0.2) is 4.68 Å². The van der Waals surface area contributed by atoms with E-state index in [1.807, 2.05) is 42.2 Å². The number of hydrogen-bond donors (Lipinski definition) is 1. The van der Waals surface area contributed by atoms with Gasteiger partial charge < -0.3 is 10.2 Å². The average Bonchev–Trinajstić information content (AvgIpc) is 3.30. The number of carbonyl (C=O) groups excluding carboxylic acids is 1. The third-order valence-corrected chi connectivity index (χ3v) is 5.22. The molecule has 2 saturated heterocycles. The minimum Gasteiger partial charge on any atom is -0.336 e. The van der Waals surface area contributed by atoms with Gasteiger partial charge in [-0.2, -0.15) is 0 Å². The smallest absolute Gasteiger partial charge is 0.276 e. The molecule has 0 aliphatic carbocycles. The second-order valence-electron chi connectivity index (χ2n) is 6.75. The number of para-hydroxylation sites is 1. The molecule has 4 rings (SSSR count). The van der Waals surface area contributed by atoms with Gasteiger partial charge in [-0.3, -0.25) is 9.69 Å². The first-order valence-corrected chi connectivity index (χ1v) is 8.96. The van der Waals surface area contributed by atoms with Gasteiger partial charge in [-0.05, 0) is 25.5 Å². The Labute approximate surface area is 147 Å². The topological polar surface area (TPSA) is 66.3 Å². The van der Waals surface area contributed by atoms with Crippen LogP contribution in [0.3, 0.4) is 0 Å². The van der Waals surface area contributed by atoms with Gasteiger partial charge in [0.15, 0.2) is 5.69 Å². The molecule has 2 fully saturated rings. The molecule has 1 unspecified atom stereocenters. The summed E-state index contributed by atoms with van der Waals surface area (Å²) in [5.41, 5.74) is 2.18. The van der Waals surface area contributed by atoms with Gasteiger partial charge in [0.25, 0.3) is 5.91 Å². The molecular weight excluding hydrogens is 316 g/mol. The number of hydrogen-bond acceptors (Lipinski definition) is 5. The highest BCUT2D eigenvalue weighted by Crippen LogP contribution is 2.20. The Morgan fingerprint density at radius 1 is 1.16 bits per heavy atom. The highest BCUT2D eigenvalue weighted by molar-refractivity contribution is 5.93. The van der Waals surface area contributed by atoms with Crippen LogP contribution in [0.2, 0.25) is 0 Å². The lowest BCUT2D eigenvalue weighted by atomic mass is 10.2. The maximum atomic E-state index is 12.9. The van der Waals surface area contributed by atoms with Crippen molar-refractivity contribution in [3.05, 3.63) is 41.7 Å². The van der Waals surface area contributed by atoms with Crippen molar-refractivity contribution >= 4 is 5.91 Å². The monoisotopic (exact) mass is 340 g/mol. The Kier molecular flexibility index (Phi) is 4.50. The Morgan fingerprint density at radius 2 is 1.92 bits per heavy atom. The van der Waals surface area contributed by atoms with Gasteiger partial charge in [-0.1, -0.05) is 23.4 Å². The molecule has 0 radical (unpaired) electrons. The summed E-state index contributed by atoms with van der Waals surface area (Å²) in [4.78, 5) is 17.3. The van der Waals surface area contributed by atoms with Crippen LogP contribution in [0.1, 0.15) is 22.6 Å². The molecule has 132 valence electrons. The number of nitrogens with one attached hydrogen (secondary N) is 1. The zero-order valence-electron chi connectivity index (χ0n) is 14.6. The van der Waals surface area contributed by atoms with Crippen LogP contribution >= 0.6 is 0 Å². The fourth-order valence-corrected chi connectivity index (χ4v) is 3.76. The Bertz CT molecular complexity index is 737. The first-order valence-electron chi connectivity index (χ1n) is 8.96. The summed E-state index contributed by atoms with van der Waals surface area (Å²) in [6.07, 6.45) is 1.04. The molecule has 0 saturated carbocycles. The number of carbonyl (C=O) groups is 1. The van der Waals surface area contributed by atoms with E-state index < -0.39 is 0 Å². The third-order valence-electron chi connectivity index (χ3n) is 5.22. The molecule has 7 heteroatoms. The number of benzene rings is 1. The molecule has 25 heavy (non-hydrogen) atoms. The van der Waals surface area contributed by atoms with Gasteiger partial charge in [0.2, 0.25) is 0 Å². The van der Waals surface area contributed by atoms with Crippen molar-refractivity contribution < 1.29 is 4.79 Å². The number of rotatable bonds is 3. The molecule has 0 spiro atoms. The van der Waals surface area contributed by atoms with Crippen LogP contribution in [-0.4, -0.2) is 76.0 Å². The van der Waals surface area contributed by atoms with Crippen molar-refractivity contribution in [3.63, 3.8) is 0 Å². The van der Waals surface area contributed by atoms with E-state index in [1.54, 1.807) is 4.68 Å². The molecular formula is C18H24N6O. The molecule has 1 atom stereocenters. The van der Waals surface area contributed by atoms with E-state index in [0.717, 1.165) is 57.1 Å². The van der Waals surface area contributed by atoms with Gasteiger partial charge >= 0.3 is 0 Å². The molecule has 1 aromatic carbocycles. The van der Waals surface area contributed by atoms with Crippen molar-refractivity contribution in [2.45, 2.75) is 19.4 Å². The summed E-state index contributed by atoms with van der Waals surface area (Å²) >= 11 is 0. The molecule has 1 aromatic heterocycles. The lowest BCUT2D eigenvalue weighted by molar-refractivity contribution is 0.0767. The van der Waals surface area contributed by atoms with Crippen molar-refractivity contribution in [1.82, 2.24) is 30.1 Å². The Hall–Kier alpha value is -2.25. The summed E-state index contributed by atoms with van der Waals surface area (Å²) < 4.78 is 1.73. The second-order valence-corrected chi connectivity index (χ2v) is 6.75. The maximum absolute atomic E-state index is 12.9. The minimum atomic E-state index is -0.00249. The quantitative estimate of drug-likeness (QED) is 0.891. The molecule has 1 amide bonds. The molecule has 2 aliphatic rings. The van der Waals surface area contributed by atoms with E-state index in [9.17, 15) is 4.79 Å². The lowest BCUT2D eigenvalue weighted by Crippen LogP contribution is -2.49. The first kappa shape index (κ1) is 16.2. The standard InChI is InChI=1S/C18H24N6O/c1-14-17(20-21-24(14)15-5-3-2-4-6-15)18(25)23-10-7-16(13-23)22-11-8-19-9-12-22/h2-6,16,19H,7-13H2,1H3. The van der Waals surface area contributed by atoms with Crippen LogP contribution in [0.25, 0.3) is 5.69 Å². The van der Waals surface area contributed by atoms with Crippen LogP contribution < -0.4 is 5.32 Å². The van der Waals surface area contributed by atoms with Crippen LogP contribution in [0.4, 0.5) is 0 Å². The average molecular weight is 340 g/mol. The number of nitrogens with zero attached hydrogens (tertiary/aromatic N) is 5. The predicted octanol–water partition coefficient (Wildman–Crippen LogP) is 0.695. The van der Waals surface area contributed by atoms with Gasteiger partial charge in [0.05, 0.1) is 11.4 Å². The third kappa shape index (κ3) is 3.17. The van der Waals surface area contributed by atoms with Crippen LogP contribution in [0, 0.1) is 6.92 Å². The van der Waals surface area contributed by atoms with Crippen molar-refractivity contribution in [1.29, 1.82) is 0 Å². The Balaban J connectivity index is 1.48. The summed E-state index contributed by atoms with van der Waals surface area (Å²) in [6, 6.07) is 10.3. The molecule has 2 aliphatic heterocycles. The zero-order valence-corrected chi connectivity index (χ0v) is 14.6. The van der Waals surface area contributed by atoms with Crippen LogP contribution in [-0.2, 0) is 0 Å². The SMILES string of the molecule is Cc1c(C(=O)N2CCC(N3CCNCC3)C2)nnn1-c1ccccc1. The highest BCUT2D eigenvalue weighted by atomic mass is 16.2. The normalized spacial score (nSPS) is 21.6. The first-order chi connectivity index (χ1) is 12.2. The number of aromatic nitrogens is 3. The molecule has 1 N–H and O–H groups in total. The molecule has 3 heterocycles. The highest BCUT2D eigenvalue weighted by Gasteiger charge is 2.33. The van der Waals surface area contributed by atoms with Crippen molar-refractivity contribution in [3.8, 4) is 5.69 Å². The summed E-state index contributed by atoms with van der Waals surface area (Å²) in [6.45, 7) is 7.70. The fraction of sp³-hybridized carbons (Fsp3) is 0.500. The lowest BCUT2D eigenvalue weighted by Gasteiger charge is -2.32. The van der Waals surface area contributed by atoms with E-state index in [2.05, 4.69) is 20.5 Å². The van der Waals surface area contributed by atoms with E-state index in [1.165, 1.54) is 0 Å². The number of likely N-dealkylation sites (tertiary alicyclic amines) is 1. The van der Waals surface area contributed by atoms with E-state index >= 15 is 0 Å². The van der Waals surface area contributed by atoms with Crippen LogP contribution in [0.5, 0.6) is 0 Å². The largest absolute Gasteiger partial charge is 0.336 e. The molecule has 7 nitrogen and oxygen atoms in total.